The maximum atomic E-state index is 11.4. The van der Waals surface area contributed by atoms with Gasteiger partial charge in [0.2, 0.25) is 0 Å². The number of aryl methyl sites for hydroxylation is 1. The van der Waals surface area contributed by atoms with Crippen molar-refractivity contribution in [2.24, 2.45) is 0 Å². The van der Waals surface area contributed by atoms with Crippen LogP contribution in [0.2, 0.25) is 0 Å². The van der Waals surface area contributed by atoms with E-state index in [0.717, 1.165) is 53.9 Å². The van der Waals surface area contributed by atoms with Gasteiger partial charge in [-0.05, 0) is 55.2 Å². The largest absolute Gasteiger partial charge is 0.496 e. The third-order valence-electron chi connectivity index (χ3n) is 6.73. The van der Waals surface area contributed by atoms with Gasteiger partial charge in [0.15, 0.2) is 0 Å². The Morgan fingerprint density at radius 3 is 2.79 bits per heavy atom. The lowest BCUT2D eigenvalue weighted by Gasteiger charge is -2.40. The minimum atomic E-state index is -0.915. The summed E-state index contributed by atoms with van der Waals surface area (Å²) < 4.78 is 7.72. The summed E-state index contributed by atoms with van der Waals surface area (Å²) in [5.74, 6) is -0.0280. The summed E-state index contributed by atoms with van der Waals surface area (Å²) in [7, 11) is 1.72. The summed E-state index contributed by atoms with van der Waals surface area (Å²) in [5, 5.41) is 14.9. The molecule has 2 aromatic heterocycles. The molecule has 1 aliphatic heterocycles. The van der Waals surface area contributed by atoms with Gasteiger partial charge >= 0.3 is 5.97 Å². The van der Waals surface area contributed by atoms with Crippen molar-refractivity contribution in [3.8, 4) is 5.75 Å². The second-order valence-corrected chi connectivity index (χ2v) is 8.61. The predicted octanol–water partition coefficient (Wildman–Crippen LogP) is 4.35. The molecule has 1 saturated heterocycles. The number of benzene rings is 2. The molecule has 4 aromatic rings. The molecule has 8 nitrogen and oxygen atoms in total. The number of methoxy groups -OCH3 is 1. The zero-order valence-electron chi connectivity index (χ0n) is 18.7. The number of piperidine rings is 1. The molecule has 0 spiro atoms. The van der Waals surface area contributed by atoms with Gasteiger partial charge in [-0.3, -0.25) is 4.90 Å². The number of rotatable bonds is 6. The van der Waals surface area contributed by atoms with Gasteiger partial charge in [-0.1, -0.05) is 12.1 Å². The van der Waals surface area contributed by atoms with E-state index in [1.54, 1.807) is 31.9 Å². The van der Waals surface area contributed by atoms with Gasteiger partial charge in [0, 0.05) is 41.8 Å². The number of carboxylic acid groups (broad SMARTS) is 1. The molecule has 1 aliphatic rings. The first-order valence-corrected chi connectivity index (χ1v) is 11.1. The molecule has 2 aromatic carbocycles. The van der Waals surface area contributed by atoms with Gasteiger partial charge in [-0.15, -0.1) is 0 Å². The molecule has 3 heterocycles. The molecule has 0 radical (unpaired) electrons. The number of likely N-dealkylation sites (tertiary alicyclic amines) is 1. The molecule has 2 atom stereocenters. The topological polar surface area (TPSA) is 96.3 Å². The molecule has 5 rings (SSSR count). The minimum Gasteiger partial charge on any atom is -0.496 e. The number of aromatic amines is 1. The van der Waals surface area contributed by atoms with Crippen molar-refractivity contribution in [2.45, 2.75) is 38.4 Å². The van der Waals surface area contributed by atoms with Crippen molar-refractivity contribution in [3.05, 3.63) is 77.5 Å². The standard InChI is InChI=1S/C25H27N5O3/c1-16-11-23(33-2)21(20-7-9-27-24(16)20)13-29-10-8-19(30-15-26-14-28-30)12-22(29)17-3-5-18(6-4-17)25(31)32/h3-7,9,11,14-15,19,22,27H,8,10,12-13H2,1-2H3,(H,31,32)/t19-,22-/m1/s1. The highest BCUT2D eigenvalue weighted by molar-refractivity contribution is 5.88. The Labute approximate surface area is 191 Å². The fourth-order valence-electron chi connectivity index (χ4n) is 5.01. The summed E-state index contributed by atoms with van der Waals surface area (Å²) in [4.78, 5) is 21.3. The van der Waals surface area contributed by atoms with E-state index >= 15 is 0 Å². The molecule has 0 saturated carbocycles. The van der Waals surface area contributed by atoms with Crippen LogP contribution in [0, 0.1) is 6.92 Å². The molecule has 1 fully saturated rings. The average molecular weight is 446 g/mol. The van der Waals surface area contributed by atoms with Crippen molar-refractivity contribution in [1.82, 2.24) is 24.6 Å². The second kappa shape index (κ2) is 8.71. The Balaban J connectivity index is 1.51. The summed E-state index contributed by atoms with van der Waals surface area (Å²) in [6.07, 6.45) is 7.14. The van der Waals surface area contributed by atoms with Gasteiger partial charge < -0.3 is 14.8 Å². The SMILES string of the molecule is COc1cc(C)c2[nH]ccc2c1CN1CC[C@@H](n2cncn2)C[C@@H]1c1ccc(C(=O)O)cc1. The monoisotopic (exact) mass is 445 g/mol. The molecule has 0 amide bonds. The Hall–Kier alpha value is -3.65. The van der Waals surface area contributed by atoms with Crippen molar-refractivity contribution in [2.75, 3.05) is 13.7 Å². The second-order valence-electron chi connectivity index (χ2n) is 8.61. The molecule has 0 aliphatic carbocycles. The first-order chi connectivity index (χ1) is 16.0. The summed E-state index contributed by atoms with van der Waals surface area (Å²) >= 11 is 0. The Bertz CT molecular complexity index is 1260. The fourth-order valence-corrected chi connectivity index (χ4v) is 5.01. The van der Waals surface area contributed by atoms with Crippen LogP contribution in [0.5, 0.6) is 5.75 Å². The third kappa shape index (κ3) is 3.98. The van der Waals surface area contributed by atoms with E-state index in [2.05, 4.69) is 39.0 Å². The van der Waals surface area contributed by atoms with Crippen molar-refractivity contribution in [1.29, 1.82) is 0 Å². The van der Waals surface area contributed by atoms with Crippen LogP contribution in [0.1, 0.15) is 52.0 Å². The lowest BCUT2D eigenvalue weighted by molar-refractivity contribution is 0.0696. The number of hydrogen-bond acceptors (Lipinski definition) is 5. The van der Waals surface area contributed by atoms with E-state index in [1.165, 1.54) is 5.39 Å². The van der Waals surface area contributed by atoms with Gasteiger partial charge in [0.25, 0.3) is 0 Å². The van der Waals surface area contributed by atoms with E-state index in [1.807, 2.05) is 23.0 Å². The lowest BCUT2D eigenvalue weighted by Crippen LogP contribution is -2.37. The number of aromatic carboxylic acids is 1. The van der Waals surface area contributed by atoms with Crippen LogP contribution in [0.25, 0.3) is 10.9 Å². The smallest absolute Gasteiger partial charge is 0.335 e. The number of hydrogen-bond donors (Lipinski definition) is 2. The van der Waals surface area contributed by atoms with Crippen molar-refractivity contribution in [3.63, 3.8) is 0 Å². The van der Waals surface area contributed by atoms with Gasteiger partial charge in [-0.25, -0.2) is 14.5 Å². The van der Waals surface area contributed by atoms with Crippen molar-refractivity contribution >= 4 is 16.9 Å². The number of H-pyrrole nitrogens is 1. The summed E-state index contributed by atoms with van der Waals surface area (Å²) in [6, 6.07) is 11.8. The van der Waals surface area contributed by atoms with Crippen LogP contribution in [0.3, 0.4) is 0 Å². The zero-order valence-corrected chi connectivity index (χ0v) is 18.7. The molecule has 0 unspecified atom stereocenters. The highest BCUT2D eigenvalue weighted by Gasteiger charge is 2.32. The maximum absolute atomic E-state index is 11.4. The van der Waals surface area contributed by atoms with Crippen molar-refractivity contribution < 1.29 is 14.6 Å². The fraction of sp³-hybridized carbons (Fsp3) is 0.320. The number of ether oxygens (including phenoxy) is 1. The van der Waals surface area contributed by atoms with Crippen LogP contribution in [0.4, 0.5) is 0 Å². The Morgan fingerprint density at radius 2 is 2.09 bits per heavy atom. The molecular weight excluding hydrogens is 418 g/mol. The summed E-state index contributed by atoms with van der Waals surface area (Å²) in [5.41, 5.74) is 4.84. The first-order valence-electron chi connectivity index (χ1n) is 11.1. The molecular formula is C25H27N5O3. The van der Waals surface area contributed by atoms with E-state index < -0.39 is 5.97 Å². The van der Waals surface area contributed by atoms with Crippen LogP contribution in [-0.4, -0.2) is 49.4 Å². The molecule has 8 heteroatoms. The molecule has 170 valence electrons. The number of fused-ring (bicyclic) bond motifs is 1. The number of nitrogens with zero attached hydrogens (tertiary/aromatic N) is 4. The van der Waals surface area contributed by atoms with Crippen LogP contribution in [0.15, 0.2) is 55.2 Å². The van der Waals surface area contributed by atoms with Gasteiger partial charge in [-0.2, -0.15) is 5.10 Å². The minimum absolute atomic E-state index is 0.107. The Morgan fingerprint density at radius 1 is 1.27 bits per heavy atom. The average Bonchev–Trinajstić information content (AvgIpc) is 3.54. The van der Waals surface area contributed by atoms with E-state index in [0.29, 0.717) is 5.56 Å². The quantitative estimate of drug-likeness (QED) is 0.458. The number of nitrogens with one attached hydrogen (secondary N) is 1. The van der Waals surface area contributed by atoms with E-state index in [-0.39, 0.29) is 12.1 Å². The van der Waals surface area contributed by atoms with E-state index in [9.17, 15) is 9.90 Å². The predicted molar refractivity (Wildman–Crippen MR) is 124 cm³/mol. The molecule has 0 bridgehead atoms. The normalized spacial score (nSPS) is 19.1. The number of carbonyl (C=O) groups is 1. The Kier molecular flexibility index (Phi) is 5.60. The zero-order chi connectivity index (χ0) is 22.9. The van der Waals surface area contributed by atoms with Crippen LogP contribution in [-0.2, 0) is 6.54 Å². The number of carboxylic acids is 1. The van der Waals surface area contributed by atoms with E-state index in [4.69, 9.17) is 4.74 Å². The van der Waals surface area contributed by atoms with Crippen LogP contribution < -0.4 is 4.74 Å². The van der Waals surface area contributed by atoms with Crippen LogP contribution >= 0.6 is 0 Å². The van der Waals surface area contributed by atoms with Gasteiger partial charge in [0.05, 0.1) is 18.7 Å². The first kappa shape index (κ1) is 21.2. The summed E-state index contributed by atoms with van der Waals surface area (Å²) in [6.45, 7) is 3.69. The maximum Gasteiger partial charge on any atom is 0.335 e. The molecule has 33 heavy (non-hydrogen) atoms. The highest BCUT2D eigenvalue weighted by Crippen LogP contribution is 2.40. The highest BCUT2D eigenvalue weighted by atomic mass is 16.5. The molecule has 2 N–H and O–H groups in total. The lowest BCUT2D eigenvalue weighted by atomic mass is 9.90. The third-order valence-corrected chi connectivity index (χ3v) is 6.73. The van der Waals surface area contributed by atoms with Gasteiger partial charge in [0.1, 0.15) is 18.4 Å². The number of aromatic nitrogens is 4.